The molecule has 160 valence electrons. The van der Waals surface area contributed by atoms with Crippen LogP contribution < -0.4 is 10.3 Å². The molecule has 0 N–H and O–H groups in total. The van der Waals surface area contributed by atoms with Crippen LogP contribution in [0.4, 0.5) is 0 Å². The first-order valence-electron chi connectivity index (χ1n) is 10.2. The van der Waals surface area contributed by atoms with E-state index in [1.165, 1.54) is 18.0 Å². The van der Waals surface area contributed by atoms with E-state index in [0.29, 0.717) is 26.9 Å². The quantitative estimate of drug-likeness (QED) is 0.236. The van der Waals surface area contributed by atoms with Crippen molar-refractivity contribution >= 4 is 54.9 Å². The minimum Gasteiger partial charge on any atom is -0.426 e. The highest BCUT2D eigenvalue weighted by atomic mass is 79.9. The Hall–Kier alpha value is -2.32. The van der Waals surface area contributed by atoms with Crippen molar-refractivity contribution in [1.82, 2.24) is 9.66 Å². The molecule has 4 rings (SSSR count). The first-order chi connectivity index (χ1) is 14.9. The smallest absolute Gasteiger partial charge is 0.308 e. The van der Waals surface area contributed by atoms with Gasteiger partial charge in [0.25, 0.3) is 5.56 Å². The number of carbonyl (C=O) groups is 1. The number of benzene rings is 2. The third kappa shape index (κ3) is 4.96. The number of rotatable bonds is 4. The number of hydrogen-bond donors (Lipinski definition) is 0. The van der Waals surface area contributed by atoms with Crippen molar-refractivity contribution in [1.29, 1.82) is 0 Å². The third-order valence-electron chi connectivity index (χ3n) is 5.34. The zero-order valence-corrected chi connectivity index (χ0v) is 20.1. The highest BCUT2D eigenvalue weighted by Gasteiger charge is 2.22. The van der Waals surface area contributed by atoms with Gasteiger partial charge in [-0.25, -0.2) is 4.98 Å². The predicted molar refractivity (Wildman–Crippen MR) is 128 cm³/mol. The molecule has 2 aromatic carbocycles. The normalized spacial score (nSPS) is 14.9. The van der Waals surface area contributed by atoms with E-state index in [4.69, 9.17) is 9.72 Å². The summed E-state index contributed by atoms with van der Waals surface area (Å²) in [5, 5.41) is 5.06. The van der Waals surface area contributed by atoms with Gasteiger partial charge in [-0.1, -0.05) is 35.2 Å². The van der Waals surface area contributed by atoms with Crippen LogP contribution in [0, 0.1) is 0 Å². The molecule has 1 aromatic heterocycles. The van der Waals surface area contributed by atoms with E-state index in [2.05, 4.69) is 37.0 Å². The van der Waals surface area contributed by atoms with E-state index in [-0.39, 0.29) is 17.4 Å². The van der Waals surface area contributed by atoms with E-state index >= 15 is 0 Å². The minimum absolute atomic E-state index is 0.182. The van der Waals surface area contributed by atoms with Crippen LogP contribution in [0.5, 0.6) is 5.75 Å². The van der Waals surface area contributed by atoms with Crippen molar-refractivity contribution in [3.05, 3.63) is 67.1 Å². The fraction of sp³-hybridized carbons (Fsp3) is 0.304. The molecule has 0 unspecified atom stereocenters. The third-order valence-corrected chi connectivity index (χ3v) is 6.45. The molecule has 8 heteroatoms. The van der Waals surface area contributed by atoms with Gasteiger partial charge in [0.15, 0.2) is 0 Å². The maximum atomic E-state index is 13.3. The highest BCUT2D eigenvalue weighted by molar-refractivity contribution is 9.10. The van der Waals surface area contributed by atoms with E-state index in [1.807, 2.05) is 12.1 Å². The van der Waals surface area contributed by atoms with Crippen molar-refractivity contribution in [3.63, 3.8) is 0 Å². The fourth-order valence-electron chi connectivity index (χ4n) is 3.86. The van der Waals surface area contributed by atoms with Gasteiger partial charge in [-0.05, 0) is 70.7 Å². The van der Waals surface area contributed by atoms with Crippen molar-refractivity contribution in [2.45, 2.75) is 44.9 Å². The van der Waals surface area contributed by atoms with Crippen LogP contribution in [0.3, 0.4) is 0 Å². The Morgan fingerprint density at radius 2 is 1.94 bits per heavy atom. The molecule has 1 heterocycles. The lowest BCUT2D eigenvalue weighted by molar-refractivity contribution is -0.131. The number of ether oxygens (including phenoxy) is 1. The Morgan fingerprint density at radius 1 is 1.16 bits per heavy atom. The largest absolute Gasteiger partial charge is 0.426 e. The van der Waals surface area contributed by atoms with Gasteiger partial charge < -0.3 is 4.74 Å². The number of esters is 1. The summed E-state index contributed by atoms with van der Waals surface area (Å²) >= 11 is 6.85. The number of carbonyl (C=O) groups excluding carboxylic acids is 1. The average molecular weight is 547 g/mol. The number of nitrogens with zero attached hydrogens (tertiary/aromatic N) is 3. The van der Waals surface area contributed by atoms with Crippen molar-refractivity contribution in [2.75, 3.05) is 0 Å². The second-order valence-corrected chi connectivity index (χ2v) is 9.38. The van der Waals surface area contributed by atoms with Gasteiger partial charge in [-0.2, -0.15) is 9.78 Å². The van der Waals surface area contributed by atoms with Gasteiger partial charge in [0.1, 0.15) is 11.6 Å². The summed E-state index contributed by atoms with van der Waals surface area (Å²) in [6.07, 6.45) is 7.12. The van der Waals surface area contributed by atoms with Gasteiger partial charge in [-0.15, -0.1) is 0 Å². The van der Waals surface area contributed by atoms with Gasteiger partial charge in [0, 0.05) is 17.3 Å². The first kappa shape index (κ1) is 21.9. The monoisotopic (exact) mass is 545 g/mol. The minimum atomic E-state index is -0.390. The molecule has 31 heavy (non-hydrogen) atoms. The van der Waals surface area contributed by atoms with Gasteiger partial charge in [-0.3, -0.25) is 9.59 Å². The summed E-state index contributed by atoms with van der Waals surface area (Å²) in [6, 6.07) is 10.8. The molecule has 0 aliphatic heterocycles. The second kappa shape index (κ2) is 9.44. The van der Waals surface area contributed by atoms with Crippen LogP contribution in [-0.4, -0.2) is 21.8 Å². The Balaban J connectivity index is 1.78. The lowest BCUT2D eigenvalue weighted by atomic mass is 9.88. The summed E-state index contributed by atoms with van der Waals surface area (Å²) in [7, 11) is 0. The van der Waals surface area contributed by atoms with Crippen molar-refractivity contribution in [2.24, 2.45) is 5.10 Å². The van der Waals surface area contributed by atoms with Crippen LogP contribution in [0.2, 0.25) is 0 Å². The molecule has 1 aliphatic rings. The molecule has 1 aliphatic carbocycles. The highest BCUT2D eigenvalue weighted by Crippen LogP contribution is 2.32. The van der Waals surface area contributed by atoms with Gasteiger partial charge in [0.05, 0.1) is 21.6 Å². The standard InChI is InChI=1S/C23H21Br2N3O3/c1-14(29)31-21-10-7-15(11-19(21)25)13-26-28-22(16-5-3-2-4-6-16)27-20-9-8-17(24)12-18(20)23(28)30/h7-13,16H,2-6H2,1H3. The fourth-order valence-corrected chi connectivity index (χ4v) is 4.70. The number of fused-ring (bicyclic) bond motifs is 1. The predicted octanol–water partition coefficient (Wildman–Crippen LogP) is 5.78. The molecule has 0 bridgehead atoms. The maximum Gasteiger partial charge on any atom is 0.308 e. The summed E-state index contributed by atoms with van der Waals surface area (Å²) < 4.78 is 8.04. The Labute approximate surface area is 196 Å². The number of hydrogen-bond acceptors (Lipinski definition) is 5. The lowest BCUT2D eigenvalue weighted by Crippen LogP contribution is -2.25. The number of halogens is 2. The molecule has 3 aromatic rings. The van der Waals surface area contributed by atoms with E-state index in [1.54, 1.807) is 30.5 Å². The molecule has 6 nitrogen and oxygen atoms in total. The molecule has 0 saturated heterocycles. The van der Waals surface area contributed by atoms with Gasteiger partial charge >= 0.3 is 5.97 Å². The molecule has 1 fully saturated rings. The maximum absolute atomic E-state index is 13.3. The van der Waals surface area contributed by atoms with E-state index in [9.17, 15) is 9.59 Å². The Kier molecular flexibility index (Phi) is 6.67. The topological polar surface area (TPSA) is 73.5 Å². The lowest BCUT2D eigenvalue weighted by Gasteiger charge is -2.22. The molecule has 0 spiro atoms. The van der Waals surface area contributed by atoms with Crippen LogP contribution in [0.25, 0.3) is 10.9 Å². The van der Waals surface area contributed by atoms with E-state index in [0.717, 1.165) is 35.7 Å². The summed E-state index contributed by atoms with van der Waals surface area (Å²) in [5.74, 6) is 0.970. The molecule has 0 amide bonds. The van der Waals surface area contributed by atoms with Crippen LogP contribution in [0.15, 0.2) is 55.2 Å². The summed E-state index contributed by atoms with van der Waals surface area (Å²) in [6.45, 7) is 1.35. The van der Waals surface area contributed by atoms with E-state index < -0.39 is 0 Å². The molecule has 0 atom stereocenters. The Morgan fingerprint density at radius 3 is 2.65 bits per heavy atom. The summed E-state index contributed by atoms with van der Waals surface area (Å²) in [5.41, 5.74) is 1.27. The van der Waals surface area contributed by atoms with Crippen molar-refractivity contribution in [3.8, 4) is 5.75 Å². The second-order valence-electron chi connectivity index (χ2n) is 7.61. The van der Waals surface area contributed by atoms with Crippen LogP contribution in [0.1, 0.15) is 56.3 Å². The summed E-state index contributed by atoms with van der Waals surface area (Å²) in [4.78, 5) is 29.4. The zero-order valence-electron chi connectivity index (χ0n) is 17.0. The molecular formula is C23H21Br2N3O3. The molecular weight excluding hydrogens is 526 g/mol. The first-order valence-corrected chi connectivity index (χ1v) is 11.8. The number of aromatic nitrogens is 2. The molecule has 1 saturated carbocycles. The average Bonchev–Trinajstić information content (AvgIpc) is 2.75. The molecule has 0 radical (unpaired) electrons. The van der Waals surface area contributed by atoms with Gasteiger partial charge in [0.2, 0.25) is 0 Å². The van der Waals surface area contributed by atoms with Crippen molar-refractivity contribution < 1.29 is 9.53 Å². The van der Waals surface area contributed by atoms with Crippen LogP contribution >= 0.6 is 31.9 Å². The zero-order chi connectivity index (χ0) is 22.0. The Bertz CT molecular complexity index is 1230. The van der Waals surface area contributed by atoms with Crippen LogP contribution in [-0.2, 0) is 4.79 Å². The SMILES string of the molecule is CC(=O)Oc1ccc(C=Nn2c(C3CCCCC3)nc3ccc(Br)cc3c2=O)cc1Br.